The summed E-state index contributed by atoms with van der Waals surface area (Å²) in [5, 5.41) is 10.3. The molecule has 0 radical (unpaired) electrons. The summed E-state index contributed by atoms with van der Waals surface area (Å²) >= 11 is 0. The van der Waals surface area contributed by atoms with E-state index in [1.165, 1.54) is 12.7 Å². The number of hydrogen-bond donors (Lipinski definition) is 1. The molecule has 2 aromatic carbocycles. The number of hydrogen-bond acceptors (Lipinski definition) is 3. The van der Waals surface area contributed by atoms with Gasteiger partial charge in [0.05, 0.1) is 7.11 Å². The molecule has 0 aliphatic carbocycles. The Labute approximate surface area is 131 Å². The van der Waals surface area contributed by atoms with Gasteiger partial charge in [-0.1, -0.05) is 54.6 Å². The summed E-state index contributed by atoms with van der Waals surface area (Å²) in [5.74, 6) is -0.152. The SMILES string of the molecule is COC(=O)CCCCc1ccc(C(O)c2ccccc2)cc1. The Hall–Kier alpha value is -2.13. The van der Waals surface area contributed by atoms with Gasteiger partial charge in [0, 0.05) is 6.42 Å². The average Bonchev–Trinajstić information content (AvgIpc) is 2.59. The van der Waals surface area contributed by atoms with Crippen molar-refractivity contribution >= 4 is 5.97 Å². The Bertz CT molecular complexity index is 575. The predicted molar refractivity (Wildman–Crippen MR) is 86.5 cm³/mol. The Balaban J connectivity index is 1.86. The standard InChI is InChI=1S/C19H22O3/c1-22-18(20)10-6-5-7-15-11-13-17(14-12-15)19(21)16-8-3-2-4-9-16/h2-4,8-9,11-14,19,21H,5-7,10H2,1H3. The van der Waals surface area contributed by atoms with Gasteiger partial charge in [-0.25, -0.2) is 0 Å². The second-order valence-electron chi connectivity index (χ2n) is 5.34. The van der Waals surface area contributed by atoms with Gasteiger partial charge >= 0.3 is 5.97 Å². The molecular weight excluding hydrogens is 276 g/mol. The molecule has 0 saturated carbocycles. The number of aliphatic hydroxyl groups is 1. The lowest BCUT2D eigenvalue weighted by atomic mass is 9.99. The zero-order chi connectivity index (χ0) is 15.8. The third kappa shape index (κ3) is 4.71. The van der Waals surface area contributed by atoms with Crippen molar-refractivity contribution in [3.8, 4) is 0 Å². The second-order valence-corrected chi connectivity index (χ2v) is 5.34. The van der Waals surface area contributed by atoms with E-state index in [-0.39, 0.29) is 5.97 Å². The fourth-order valence-electron chi connectivity index (χ4n) is 2.39. The lowest BCUT2D eigenvalue weighted by Gasteiger charge is -2.12. The molecule has 0 heterocycles. The van der Waals surface area contributed by atoms with Gasteiger partial charge in [-0.15, -0.1) is 0 Å². The molecule has 0 aromatic heterocycles. The topological polar surface area (TPSA) is 46.5 Å². The van der Waals surface area contributed by atoms with Crippen LogP contribution in [0.1, 0.15) is 42.1 Å². The van der Waals surface area contributed by atoms with E-state index in [9.17, 15) is 9.90 Å². The summed E-state index contributed by atoms with van der Waals surface area (Å²) in [4.78, 5) is 11.0. The first-order valence-electron chi connectivity index (χ1n) is 7.59. The van der Waals surface area contributed by atoms with Gasteiger partial charge in [-0.3, -0.25) is 4.79 Å². The molecule has 1 unspecified atom stereocenters. The van der Waals surface area contributed by atoms with Gasteiger partial charge in [0.2, 0.25) is 0 Å². The minimum absolute atomic E-state index is 0.152. The van der Waals surface area contributed by atoms with Crippen molar-refractivity contribution in [1.29, 1.82) is 0 Å². The number of carbonyl (C=O) groups excluding carboxylic acids is 1. The summed E-state index contributed by atoms with van der Waals surface area (Å²) in [6.45, 7) is 0. The molecule has 0 aliphatic rings. The summed E-state index contributed by atoms with van der Waals surface area (Å²) in [5.41, 5.74) is 3.01. The maximum Gasteiger partial charge on any atom is 0.305 e. The van der Waals surface area contributed by atoms with Gasteiger partial charge in [0.25, 0.3) is 0 Å². The van der Waals surface area contributed by atoms with E-state index < -0.39 is 6.10 Å². The van der Waals surface area contributed by atoms with E-state index in [0.29, 0.717) is 6.42 Å². The van der Waals surface area contributed by atoms with Crippen LogP contribution in [-0.2, 0) is 16.0 Å². The number of unbranched alkanes of at least 4 members (excludes halogenated alkanes) is 1. The molecule has 0 spiro atoms. The molecule has 3 heteroatoms. The van der Waals surface area contributed by atoms with Gasteiger partial charge in [-0.05, 0) is 36.0 Å². The highest BCUT2D eigenvalue weighted by atomic mass is 16.5. The molecule has 22 heavy (non-hydrogen) atoms. The predicted octanol–water partition coefficient (Wildman–Crippen LogP) is 3.65. The molecule has 0 fully saturated rings. The van der Waals surface area contributed by atoms with Crippen molar-refractivity contribution in [3.05, 3.63) is 71.3 Å². The first-order chi connectivity index (χ1) is 10.7. The fraction of sp³-hybridized carbons (Fsp3) is 0.316. The fourth-order valence-corrected chi connectivity index (χ4v) is 2.39. The first-order valence-corrected chi connectivity index (χ1v) is 7.59. The molecule has 0 amide bonds. The van der Waals surface area contributed by atoms with Gasteiger partial charge in [0.15, 0.2) is 0 Å². The Morgan fingerprint density at radius 1 is 1.00 bits per heavy atom. The maximum atomic E-state index is 11.0. The third-order valence-electron chi connectivity index (χ3n) is 3.73. The van der Waals surface area contributed by atoms with Gasteiger partial charge in [-0.2, -0.15) is 0 Å². The van der Waals surface area contributed by atoms with Gasteiger partial charge in [0.1, 0.15) is 6.10 Å². The molecule has 3 nitrogen and oxygen atoms in total. The molecule has 0 bridgehead atoms. The van der Waals surface area contributed by atoms with Crippen molar-refractivity contribution in [2.24, 2.45) is 0 Å². The lowest BCUT2D eigenvalue weighted by molar-refractivity contribution is -0.140. The second kappa shape index (κ2) is 8.35. The number of benzene rings is 2. The highest BCUT2D eigenvalue weighted by molar-refractivity contribution is 5.68. The number of rotatable bonds is 7. The van der Waals surface area contributed by atoms with Crippen LogP contribution in [0, 0.1) is 0 Å². The molecule has 116 valence electrons. The lowest BCUT2D eigenvalue weighted by Crippen LogP contribution is -2.00. The number of carbonyl (C=O) groups is 1. The number of esters is 1. The van der Waals surface area contributed by atoms with Crippen LogP contribution in [-0.4, -0.2) is 18.2 Å². The average molecular weight is 298 g/mol. The highest BCUT2D eigenvalue weighted by Crippen LogP contribution is 2.22. The smallest absolute Gasteiger partial charge is 0.305 e. The van der Waals surface area contributed by atoms with Crippen molar-refractivity contribution in [2.45, 2.75) is 31.8 Å². The van der Waals surface area contributed by atoms with E-state index >= 15 is 0 Å². The summed E-state index contributed by atoms with van der Waals surface area (Å²) < 4.78 is 4.62. The van der Waals surface area contributed by atoms with E-state index in [0.717, 1.165) is 30.4 Å². The van der Waals surface area contributed by atoms with Crippen LogP contribution in [0.25, 0.3) is 0 Å². The van der Waals surface area contributed by atoms with Crippen LogP contribution >= 0.6 is 0 Å². The van der Waals surface area contributed by atoms with Crippen LogP contribution < -0.4 is 0 Å². The maximum absolute atomic E-state index is 11.0. The number of aryl methyl sites for hydroxylation is 1. The minimum Gasteiger partial charge on any atom is -0.469 e. The van der Waals surface area contributed by atoms with Crippen molar-refractivity contribution in [3.63, 3.8) is 0 Å². The molecule has 2 rings (SSSR count). The quantitative estimate of drug-likeness (QED) is 0.627. The highest BCUT2D eigenvalue weighted by Gasteiger charge is 2.09. The van der Waals surface area contributed by atoms with Crippen LogP contribution in [0.5, 0.6) is 0 Å². The normalized spacial score (nSPS) is 11.9. The molecule has 2 aromatic rings. The Morgan fingerprint density at radius 2 is 1.64 bits per heavy atom. The summed E-state index contributed by atoms with van der Waals surface area (Å²) in [7, 11) is 1.42. The molecule has 1 N–H and O–H groups in total. The van der Waals surface area contributed by atoms with E-state index in [1.807, 2.05) is 54.6 Å². The van der Waals surface area contributed by atoms with E-state index in [1.54, 1.807) is 0 Å². The van der Waals surface area contributed by atoms with Crippen molar-refractivity contribution < 1.29 is 14.6 Å². The summed E-state index contributed by atoms with van der Waals surface area (Å²) in [6.07, 6.45) is 2.60. The molecular formula is C19H22O3. The Kier molecular flexibility index (Phi) is 6.16. The molecule has 0 aliphatic heterocycles. The first kappa shape index (κ1) is 16.2. The zero-order valence-corrected chi connectivity index (χ0v) is 12.9. The largest absolute Gasteiger partial charge is 0.469 e. The van der Waals surface area contributed by atoms with E-state index in [2.05, 4.69) is 4.74 Å². The van der Waals surface area contributed by atoms with Crippen LogP contribution in [0.15, 0.2) is 54.6 Å². The van der Waals surface area contributed by atoms with E-state index in [4.69, 9.17) is 0 Å². The summed E-state index contributed by atoms with van der Waals surface area (Å²) in [6, 6.07) is 17.6. The van der Waals surface area contributed by atoms with Crippen molar-refractivity contribution in [2.75, 3.05) is 7.11 Å². The molecule has 0 saturated heterocycles. The molecule has 1 atom stereocenters. The van der Waals surface area contributed by atoms with Crippen LogP contribution in [0.3, 0.4) is 0 Å². The number of aliphatic hydroxyl groups excluding tert-OH is 1. The number of ether oxygens (including phenoxy) is 1. The minimum atomic E-state index is -0.588. The zero-order valence-electron chi connectivity index (χ0n) is 12.9. The monoisotopic (exact) mass is 298 g/mol. The van der Waals surface area contributed by atoms with Crippen molar-refractivity contribution in [1.82, 2.24) is 0 Å². The van der Waals surface area contributed by atoms with Gasteiger partial charge < -0.3 is 9.84 Å². The van der Waals surface area contributed by atoms with Crippen LogP contribution in [0.4, 0.5) is 0 Å². The Morgan fingerprint density at radius 3 is 2.27 bits per heavy atom. The third-order valence-corrected chi connectivity index (χ3v) is 3.73. The van der Waals surface area contributed by atoms with Crippen LogP contribution in [0.2, 0.25) is 0 Å². The number of methoxy groups -OCH3 is 1.